The maximum absolute atomic E-state index is 11.8. The van der Waals surface area contributed by atoms with Gasteiger partial charge in [0.1, 0.15) is 5.60 Å². The van der Waals surface area contributed by atoms with E-state index in [0.717, 1.165) is 25.9 Å². The number of likely N-dealkylation sites (tertiary alicyclic amines) is 1. The van der Waals surface area contributed by atoms with E-state index in [2.05, 4.69) is 13.5 Å². The summed E-state index contributed by atoms with van der Waals surface area (Å²) < 4.78 is 5.34. The molecule has 1 heterocycles. The number of ether oxygens (including phenoxy) is 1. The third kappa shape index (κ3) is 3.87. The van der Waals surface area contributed by atoms with Crippen LogP contribution in [-0.4, -0.2) is 29.7 Å². The number of nitrogens with zero attached hydrogens (tertiary/aromatic N) is 1. The van der Waals surface area contributed by atoms with Crippen LogP contribution in [0.1, 0.15) is 40.5 Å². The van der Waals surface area contributed by atoms with Gasteiger partial charge in [-0.3, -0.25) is 0 Å². The zero-order chi connectivity index (χ0) is 12.3. The summed E-state index contributed by atoms with van der Waals surface area (Å²) in [5.74, 6) is 0.568. The second-order valence-electron chi connectivity index (χ2n) is 5.59. The van der Waals surface area contributed by atoms with E-state index in [4.69, 9.17) is 4.74 Å². The minimum Gasteiger partial charge on any atom is -0.444 e. The lowest BCUT2D eigenvalue weighted by Gasteiger charge is -2.33. The Balaban J connectivity index is 2.42. The van der Waals surface area contributed by atoms with E-state index >= 15 is 0 Å². The lowest BCUT2D eigenvalue weighted by atomic mass is 9.91. The lowest BCUT2D eigenvalue weighted by molar-refractivity contribution is 0.0194. The lowest BCUT2D eigenvalue weighted by Crippen LogP contribution is -2.41. The zero-order valence-corrected chi connectivity index (χ0v) is 10.9. The fourth-order valence-corrected chi connectivity index (χ4v) is 1.88. The van der Waals surface area contributed by atoms with Gasteiger partial charge in [0.15, 0.2) is 0 Å². The minimum atomic E-state index is -0.401. The molecule has 3 nitrogen and oxygen atoms in total. The first-order valence-electron chi connectivity index (χ1n) is 5.93. The normalized spacial score (nSPS) is 18.4. The Morgan fingerprint density at radius 1 is 1.31 bits per heavy atom. The number of piperidine rings is 1. The van der Waals surface area contributed by atoms with Crippen LogP contribution in [0.2, 0.25) is 0 Å². The second-order valence-corrected chi connectivity index (χ2v) is 5.59. The molecule has 0 spiro atoms. The van der Waals surface area contributed by atoms with Crippen molar-refractivity contribution < 1.29 is 9.53 Å². The summed E-state index contributed by atoms with van der Waals surface area (Å²) in [4.78, 5) is 13.6. The Bertz CT molecular complexity index is 270. The number of allylic oxidation sites excluding steroid dienone is 1. The summed E-state index contributed by atoms with van der Waals surface area (Å²) in [6.07, 6.45) is 1.83. The number of hydrogen-bond acceptors (Lipinski definition) is 2. The zero-order valence-electron chi connectivity index (χ0n) is 10.9. The molecule has 0 atom stereocenters. The molecule has 0 bridgehead atoms. The van der Waals surface area contributed by atoms with E-state index in [1.165, 1.54) is 5.57 Å². The summed E-state index contributed by atoms with van der Waals surface area (Å²) >= 11 is 0. The highest BCUT2D eigenvalue weighted by molar-refractivity contribution is 5.68. The van der Waals surface area contributed by atoms with Gasteiger partial charge in [-0.25, -0.2) is 4.79 Å². The van der Waals surface area contributed by atoms with Crippen molar-refractivity contribution in [1.82, 2.24) is 4.90 Å². The smallest absolute Gasteiger partial charge is 0.410 e. The quantitative estimate of drug-likeness (QED) is 0.641. The molecule has 1 rings (SSSR count). The number of hydrogen-bond donors (Lipinski definition) is 0. The van der Waals surface area contributed by atoms with Crippen molar-refractivity contribution in [3.05, 3.63) is 12.2 Å². The fourth-order valence-electron chi connectivity index (χ4n) is 1.88. The molecule has 1 saturated heterocycles. The molecule has 0 aromatic rings. The Hall–Kier alpha value is -0.990. The minimum absolute atomic E-state index is 0.187. The van der Waals surface area contributed by atoms with Crippen molar-refractivity contribution in [1.29, 1.82) is 0 Å². The molecule has 0 aromatic heterocycles. The van der Waals surface area contributed by atoms with Gasteiger partial charge in [0.2, 0.25) is 0 Å². The summed E-state index contributed by atoms with van der Waals surface area (Å²) in [6, 6.07) is 0. The van der Waals surface area contributed by atoms with Gasteiger partial charge in [-0.05, 0) is 46.5 Å². The molecule has 3 heteroatoms. The Morgan fingerprint density at radius 2 is 1.81 bits per heavy atom. The molecule has 0 aromatic carbocycles. The number of amides is 1. The average Bonchev–Trinajstić information content (AvgIpc) is 2.15. The molecule has 1 amide bonds. The van der Waals surface area contributed by atoms with Crippen molar-refractivity contribution in [3.63, 3.8) is 0 Å². The Labute approximate surface area is 98.5 Å². The van der Waals surface area contributed by atoms with Crippen LogP contribution in [0.15, 0.2) is 12.2 Å². The molecule has 0 radical (unpaired) electrons. The summed E-state index contributed by atoms with van der Waals surface area (Å²) in [6.45, 7) is 13.3. The topological polar surface area (TPSA) is 29.5 Å². The van der Waals surface area contributed by atoms with Crippen LogP contribution in [0, 0.1) is 5.92 Å². The molecule has 0 saturated carbocycles. The van der Waals surface area contributed by atoms with E-state index in [1.807, 2.05) is 20.8 Å². The standard InChI is InChI=1S/C13H23NO2/c1-10(2)11-6-8-14(9-7-11)12(15)16-13(3,4)5/h11H,1,6-9H2,2-5H3. The highest BCUT2D eigenvalue weighted by Crippen LogP contribution is 2.24. The molecule has 0 N–H and O–H groups in total. The molecule has 1 aliphatic rings. The summed E-state index contributed by atoms with van der Waals surface area (Å²) in [5, 5.41) is 0. The van der Waals surface area contributed by atoms with Gasteiger partial charge >= 0.3 is 6.09 Å². The van der Waals surface area contributed by atoms with Crippen LogP contribution in [0.5, 0.6) is 0 Å². The predicted octanol–water partition coefficient (Wildman–Crippen LogP) is 3.21. The molecular formula is C13H23NO2. The second kappa shape index (κ2) is 4.89. The number of rotatable bonds is 1. The summed E-state index contributed by atoms with van der Waals surface area (Å²) in [7, 11) is 0. The first-order valence-corrected chi connectivity index (χ1v) is 5.93. The van der Waals surface area contributed by atoms with Gasteiger partial charge in [0, 0.05) is 13.1 Å². The van der Waals surface area contributed by atoms with Crippen LogP contribution < -0.4 is 0 Å². The number of carbonyl (C=O) groups excluding carboxylic acids is 1. The van der Waals surface area contributed by atoms with Crippen LogP contribution in [0.25, 0.3) is 0 Å². The number of carbonyl (C=O) groups is 1. The maximum Gasteiger partial charge on any atom is 0.410 e. The third-order valence-corrected chi connectivity index (χ3v) is 2.84. The van der Waals surface area contributed by atoms with Gasteiger partial charge < -0.3 is 9.64 Å². The van der Waals surface area contributed by atoms with Gasteiger partial charge in [0.05, 0.1) is 0 Å². The highest BCUT2D eigenvalue weighted by Gasteiger charge is 2.26. The average molecular weight is 225 g/mol. The van der Waals surface area contributed by atoms with E-state index in [1.54, 1.807) is 4.90 Å². The van der Waals surface area contributed by atoms with Crippen LogP contribution in [-0.2, 0) is 4.74 Å². The first kappa shape index (κ1) is 13.1. The summed E-state index contributed by atoms with van der Waals surface area (Å²) in [5.41, 5.74) is 0.825. The molecule has 92 valence electrons. The third-order valence-electron chi connectivity index (χ3n) is 2.84. The van der Waals surface area contributed by atoms with Crippen molar-refractivity contribution in [3.8, 4) is 0 Å². The van der Waals surface area contributed by atoms with Gasteiger partial charge in [0.25, 0.3) is 0 Å². The van der Waals surface area contributed by atoms with Crippen molar-refractivity contribution in [2.75, 3.05) is 13.1 Å². The van der Waals surface area contributed by atoms with Crippen LogP contribution in [0.3, 0.4) is 0 Å². The van der Waals surface area contributed by atoms with Gasteiger partial charge in [-0.2, -0.15) is 0 Å². The van der Waals surface area contributed by atoms with E-state index in [-0.39, 0.29) is 6.09 Å². The van der Waals surface area contributed by atoms with Crippen LogP contribution in [0.4, 0.5) is 4.79 Å². The first-order chi connectivity index (χ1) is 7.29. The van der Waals surface area contributed by atoms with Crippen molar-refractivity contribution >= 4 is 6.09 Å². The maximum atomic E-state index is 11.8. The van der Waals surface area contributed by atoms with E-state index in [9.17, 15) is 4.79 Å². The molecular weight excluding hydrogens is 202 g/mol. The largest absolute Gasteiger partial charge is 0.444 e. The van der Waals surface area contributed by atoms with Gasteiger partial charge in [-0.1, -0.05) is 12.2 Å². The predicted molar refractivity (Wildman–Crippen MR) is 65.3 cm³/mol. The van der Waals surface area contributed by atoms with Crippen LogP contribution >= 0.6 is 0 Å². The molecule has 16 heavy (non-hydrogen) atoms. The van der Waals surface area contributed by atoms with Crippen molar-refractivity contribution in [2.24, 2.45) is 5.92 Å². The Morgan fingerprint density at radius 3 is 2.19 bits per heavy atom. The SMILES string of the molecule is C=C(C)C1CCN(C(=O)OC(C)(C)C)CC1. The monoisotopic (exact) mass is 225 g/mol. The molecule has 1 fully saturated rings. The fraction of sp³-hybridized carbons (Fsp3) is 0.769. The Kier molecular flexibility index (Phi) is 4.00. The van der Waals surface area contributed by atoms with E-state index in [0.29, 0.717) is 5.92 Å². The highest BCUT2D eigenvalue weighted by atomic mass is 16.6. The molecule has 0 aliphatic carbocycles. The van der Waals surface area contributed by atoms with Crippen molar-refractivity contribution in [2.45, 2.75) is 46.1 Å². The molecule has 1 aliphatic heterocycles. The molecule has 0 unspecified atom stereocenters. The van der Waals surface area contributed by atoms with Gasteiger partial charge in [-0.15, -0.1) is 0 Å². The van der Waals surface area contributed by atoms with E-state index < -0.39 is 5.60 Å².